The number of carbonyl (C=O) groups is 3. The number of ether oxygens (including phenoxy) is 1. The summed E-state index contributed by atoms with van der Waals surface area (Å²) >= 11 is 0. The van der Waals surface area contributed by atoms with E-state index in [1.54, 1.807) is 6.92 Å². The Bertz CT molecular complexity index is 913. The van der Waals surface area contributed by atoms with E-state index in [0.717, 1.165) is 22.3 Å². The van der Waals surface area contributed by atoms with Crippen LogP contribution in [0.2, 0.25) is 0 Å². The molecule has 0 saturated carbocycles. The number of alkyl carbamates (subject to hydrolysis) is 1. The summed E-state index contributed by atoms with van der Waals surface area (Å²) in [5, 5.41) is 14.3. The quantitative estimate of drug-likeness (QED) is 0.570. The van der Waals surface area contributed by atoms with Crippen LogP contribution in [-0.4, -0.2) is 41.8 Å². The van der Waals surface area contributed by atoms with Crippen molar-refractivity contribution in [2.75, 3.05) is 6.61 Å². The molecule has 1 aliphatic carbocycles. The number of carboxylic acid groups (broad SMARTS) is 1. The zero-order chi connectivity index (χ0) is 22.4. The van der Waals surface area contributed by atoms with Gasteiger partial charge in [0.1, 0.15) is 12.6 Å². The van der Waals surface area contributed by atoms with Crippen LogP contribution in [0.4, 0.5) is 4.79 Å². The fourth-order valence-corrected chi connectivity index (χ4v) is 3.92. The van der Waals surface area contributed by atoms with Gasteiger partial charge in [-0.25, -0.2) is 9.59 Å². The molecule has 0 saturated heterocycles. The van der Waals surface area contributed by atoms with Crippen LogP contribution in [0.15, 0.2) is 48.5 Å². The normalized spacial score (nSPS) is 14.1. The summed E-state index contributed by atoms with van der Waals surface area (Å²) in [5.41, 5.74) is 4.56. The summed E-state index contributed by atoms with van der Waals surface area (Å²) in [7, 11) is 0. The van der Waals surface area contributed by atoms with Crippen molar-refractivity contribution in [2.24, 2.45) is 0 Å². The standard InChI is InChI=1S/C24H28N2O5/c1-3-15(13-22(27)26-21(4-2)23(28)29)25-24(30)31-14-20-18-11-7-5-9-16(18)17-10-6-8-12-19(17)20/h5-12,15,20-21H,3-4,13-14H2,1-2H3,(H,25,30)(H,26,27)(H,28,29)/t15?,21-/m1/s1. The summed E-state index contributed by atoms with van der Waals surface area (Å²) in [4.78, 5) is 35.6. The van der Waals surface area contributed by atoms with Crippen LogP contribution in [-0.2, 0) is 14.3 Å². The van der Waals surface area contributed by atoms with Crippen molar-refractivity contribution >= 4 is 18.0 Å². The molecule has 0 bridgehead atoms. The molecule has 1 aliphatic rings. The van der Waals surface area contributed by atoms with Crippen molar-refractivity contribution in [2.45, 2.75) is 51.1 Å². The highest BCUT2D eigenvalue weighted by atomic mass is 16.5. The van der Waals surface area contributed by atoms with Gasteiger partial charge in [-0.2, -0.15) is 0 Å². The van der Waals surface area contributed by atoms with E-state index in [1.165, 1.54) is 0 Å². The van der Waals surface area contributed by atoms with E-state index in [0.29, 0.717) is 6.42 Å². The summed E-state index contributed by atoms with van der Waals surface area (Å²) in [6.45, 7) is 3.72. The van der Waals surface area contributed by atoms with Gasteiger partial charge in [-0.15, -0.1) is 0 Å². The van der Waals surface area contributed by atoms with Crippen LogP contribution in [0.25, 0.3) is 11.1 Å². The lowest BCUT2D eigenvalue weighted by Gasteiger charge is -2.19. The largest absolute Gasteiger partial charge is 0.480 e. The van der Waals surface area contributed by atoms with E-state index in [1.807, 2.05) is 43.3 Å². The Labute approximate surface area is 181 Å². The molecule has 3 rings (SSSR count). The van der Waals surface area contributed by atoms with Crippen LogP contribution in [0.5, 0.6) is 0 Å². The second kappa shape index (κ2) is 10.1. The van der Waals surface area contributed by atoms with Gasteiger partial charge in [0.15, 0.2) is 0 Å². The highest BCUT2D eigenvalue weighted by molar-refractivity contribution is 5.84. The van der Waals surface area contributed by atoms with Crippen molar-refractivity contribution in [1.29, 1.82) is 0 Å². The number of amides is 2. The molecule has 2 atom stereocenters. The maximum atomic E-state index is 12.4. The Morgan fingerprint density at radius 1 is 0.935 bits per heavy atom. The number of fused-ring (bicyclic) bond motifs is 3. The lowest BCUT2D eigenvalue weighted by atomic mass is 9.98. The van der Waals surface area contributed by atoms with Crippen molar-refractivity contribution in [1.82, 2.24) is 10.6 Å². The van der Waals surface area contributed by atoms with E-state index >= 15 is 0 Å². The summed E-state index contributed by atoms with van der Waals surface area (Å²) in [6.07, 6.45) is 0.204. The average molecular weight is 424 g/mol. The van der Waals surface area contributed by atoms with E-state index in [9.17, 15) is 14.4 Å². The van der Waals surface area contributed by atoms with Gasteiger partial charge < -0.3 is 20.5 Å². The Balaban J connectivity index is 1.57. The molecule has 1 unspecified atom stereocenters. The number of benzene rings is 2. The SMILES string of the molecule is CCC(CC(=O)N[C@H](CC)C(=O)O)NC(=O)OCC1c2ccccc2-c2ccccc21. The van der Waals surface area contributed by atoms with Gasteiger partial charge in [0.2, 0.25) is 5.91 Å². The molecule has 7 nitrogen and oxygen atoms in total. The Hall–Kier alpha value is -3.35. The van der Waals surface area contributed by atoms with Gasteiger partial charge in [-0.05, 0) is 35.1 Å². The van der Waals surface area contributed by atoms with Crippen molar-refractivity contribution < 1.29 is 24.2 Å². The van der Waals surface area contributed by atoms with Crippen molar-refractivity contribution in [3.63, 3.8) is 0 Å². The summed E-state index contributed by atoms with van der Waals surface area (Å²) < 4.78 is 5.52. The van der Waals surface area contributed by atoms with Gasteiger partial charge in [0.25, 0.3) is 0 Å². The minimum absolute atomic E-state index is 0.00945. The first-order valence-electron chi connectivity index (χ1n) is 10.6. The molecule has 0 radical (unpaired) electrons. The fourth-order valence-electron chi connectivity index (χ4n) is 3.92. The minimum Gasteiger partial charge on any atom is -0.480 e. The van der Waals surface area contributed by atoms with Crippen LogP contribution >= 0.6 is 0 Å². The third-order valence-corrected chi connectivity index (χ3v) is 5.63. The smallest absolute Gasteiger partial charge is 0.407 e. The highest BCUT2D eigenvalue weighted by Gasteiger charge is 2.29. The minimum atomic E-state index is -1.08. The zero-order valence-electron chi connectivity index (χ0n) is 17.8. The van der Waals surface area contributed by atoms with Gasteiger partial charge in [0.05, 0.1) is 0 Å². The Kier molecular flexibility index (Phi) is 7.28. The number of rotatable bonds is 9. The predicted octanol–water partition coefficient (Wildman–Crippen LogP) is 3.67. The fraction of sp³-hybridized carbons (Fsp3) is 0.375. The number of carbonyl (C=O) groups excluding carboxylic acids is 2. The monoisotopic (exact) mass is 424 g/mol. The van der Waals surface area contributed by atoms with Gasteiger partial charge in [-0.3, -0.25) is 4.79 Å². The highest BCUT2D eigenvalue weighted by Crippen LogP contribution is 2.44. The maximum Gasteiger partial charge on any atom is 0.407 e. The molecule has 2 aromatic carbocycles. The van der Waals surface area contributed by atoms with E-state index in [4.69, 9.17) is 9.84 Å². The maximum absolute atomic E-state index is 12.4. The second-order valence-electron chi connectivity index (χ2n) is 7.65. The topological polar surface area (TPSA) is 105 Å². The Morgan fingerprint density at radius 3 is 2.03 bits per heavy atom. The number of hydrogen-bond acceptors (Lipinski definition) is 4. The molecular weight excluding hydrogens is 396 g/mol. The van der Waals surface area contributed by atoms with Crippen molar-refractivity contribution in [3.8, 4) is 11.1 Å². The summed E-state index contributed by atoms with van der Waals surface area (Å²) in [5.74, 6) is -1.53. The third-order valence-electron chi connectivity index (χ3n) is 5.63. The third kappa shape index (κ3) is 5.23. The van der Waals surface area contributed by atoms with E-state index in [2.05, 4.69) is 22.8 Å². The first-order valence-corrected chi connectivity index (χ1v) is 10.6. The molecular formula is C24H28N2O5. The lowest BCUT2D eigenvalue weighted by Crippen LogP contribution is -2.44. The van der Waals surface area contributed by atoms with Crippen LogP contribution in [0.1, 0.15) is 50.2 Å². The average Bonchev–Trinajstić information content (AvgIpc) is 3.09. The van der Waals surface area contributed by atoms with Crippen molar-refractivity contribution in [3.05, 3.63) is 59.7 Å². The zero-order valence-corrected chi connectivity index (χ0v) is 17.8. The molecule has 0 heterocycles. The molecule has 164 valence electrons. The van der Waals surface area contributed by atoms with Crippen LogP contribution in [0.3, 0.4) is 0 Å². The Morgan fingerprint density at radius 2 is 1.52 bits per heavy atom. The van der Waals surface area contributed by atoms with Gasteiger partial charge >= 0.3 is 12.1 Å². The molecule has 0 spiro atoms. The first kappa shape index (κ1) is 22.3. The molecule has 0 aromatic heterocycles. The molecule has 7 heteroatoms. The molecule has 2 amide bonds. The summed E-state index contributed by atoms with van der Waals surface area (Å²) in [6, 6.07) is 14.8. The lowest BCUT2D eigenvalue weighted by molar-refractivity contribution is -0.142. The second-order valence-corrected chi connectivity index (χ2v) is 7.65. The number of aliphatic carboxylic acids is 1. The van der Waals surface area contributed by atoms with Gasteiger partial charge in [0, 0.05) is 18.4 Å². The first-order chi connectivity index (χ1) is 14.9. The molecule has 0 aliphatic heterocycles. The number of hydrogen-bond donors (Lipinski definition) is 3. The number of nitrogens with one attached hydrogen (secondary N) is 2. The molecule has 2 aromatic rings. The van der Waals surface area contributed by atoms with E-state index < -0.39 is 30.1 Å². The predicted molar refractivity (Wildman–Crippen MR) is 117 cm³/mol. The van der Waals surface area contributed by atoms with E-state index in [-0.39, 0.29) is 25.4 Å². The van der Waals surface area contributed by atoms with Gasteiger partial charge in [-0.1, -0.05) is 62.4 Å². The van der Waals surface area contributed by atoms with Crippen LogP contribution in [0, 0.1) is 0 Å². The molecule has 31 heavy (non-hydrogen) atoms. The molecule has 0 fully saturated rings. The van der Waals surface area contributed by atoms with Crippen LogP contribution < -0.4 is 10.6 Å². The number of carboxylic acids is 1. The molecule has 3 N–H and O–H groups in total.